The molecule has 2 aliphatic rings. The number of nitrogens with two attached hydrogens (primary N) is 2. The summed E-state index contributed by atoms with van der Waals surface area (Å²) in [5.41, 5.74) is 12.5. The lowest BCUT2D eigenvalue weighted by Gasteiger charge is -2.37. The van der Waals surface area contributed by atoms with Crippen molar-refractivity contribution in [3.63, 3.8) is 0 Å². The van der Waals surface area contributed by atoms with Crippen molar-refractivity contribution in [2.45, 2.75) is 64.2 Å². The van der Waals surface area contributed by atoms with E-state index >= 15 is 0 Å². The Kier molecular flexibility index (Phi) is 8.49. The van der Waals surface area contributed by atoms with Gasteiger partial charge in [-0.15, -0.1) is 0 Å². The van der Waals surface area contributed by atoms with Crippen molar-refractivity contribution in [2.75, 3.05) is 38.0 Å². The number of hydrogen-bond acceptors (Lipinski definition) is 7. The number of nitrogens with one attached hydrogen (secondary N) is 1. The van der Waals surface area contributed by atoms with E-state index in [0.717, 1.165) is 32.4 Å². The second-order valence-corrected chi connectivity index (χ2v) is 10.9. The molecule has 5 N–H and O–H groups in total. The standard InChI is InChI=1S/C27H40N8O3/c1-4-32(22-10-7-20(28)17-22)18-19-5-8-21(9-6-19)35-12-11-23(31-26(35)38)30-25(37)34-15-13-33(14-16-34)24(36)27(2,3)29/h5-6,8-9,11-12,20,22H,4,7,10,13-18,28-29H2,1-3H3,(H,30,31,37,38)/t20-,22?/m0/s1. The fourth-order valence-corrected chi connectivity index (χ4v) is 5.20. The van der Waals surface area contributed by atoms with Gasteiger partial charge in [0.05, 0.1) is 11.2 Å². The molecule has 11 heteroatoms. The Bertz CT molecular complexity index is 1180. The molecule has 2 aromatic rings. The minimum atomic E-state index is -0.946. The minimum absolute atomic E-state index is 0.142. The van der Waals surface area contributed by atoms with E-state index in [1.807, 2.05) is 24.3 Å². The zero-order valence-electron chi connectivity index (χ0n) is 22.6. The van der Waals surface area contributed by atoms with Gasteiger partial charge in [0, 0.05) is 51.0 Å². The van der Waals surface area contributed by atoms with Crippen LogP contribution in [0.25, 0.3) is 5.69 Å². The number of piperazine rings is 1. The number of amides is 3. The molecule has 4 rings (SSSR count). The average Bonchev–Trinajstić information content (AvgIpc) is 3.33. The van der Waals surface area contributed by atoms with Gasteiger partial charge >= 0.3 is 11.7 Å². The highest BCUT2D eigenvalue weighted by atomic mass is 16.2. The first-order chi connectivity index (χ1) is 18.0. The Morgan fingerprint density at radius 3 is 2.29 bits per heavy atom. The molecule has 2 heterocycles. The molecule has 1 aliphatic carbocycles. The third kappa shape index (κ3) is 6.58. The molecule has 1 saturated heterocycles. The number of carbonyl (C=O) groups excluding carboxylic acids is 2. The number of benzene rings is 1. The van der Waals surface area contributed by atoms with Gasteiger partial charge in [0.1, 0.15) is 5.82 Å². The summed E-state index contributed by atoms with van der Waals surface area (Å²) in [5, 5.41) is 2.69. The molecule has 0 bridgehead atoms. The molecule has 1 saturated carbocycles. The highest BCUT2D eigenvalue weighted by Gasteiger charge is 2.31. The summed E-state index contributed by atoms with van der Waals surface area (Å²) >= 11 is 0. The summed E-state index contributed by atoms with van der Waals surface area (Å²) in [6, 6.07) is 9.95. The third-order valence-electron chi connectivity index (χ3n) is 7.41. The number of aromatic nitrogens is 2. The van der Waals surface area contributed by atoms with E-state index in [9.17, 15) is 14.4 Å². The third-order valence-corrected chi connectivity index (χ3v) is 7.41. The van der Waals surface area contributed by atoms with Crippen LogP contribution in [0.5, 0.6) is 0 Å². The van der Waals surface area contributed by atoms with Gasteiger partial charge in [-0.1, -0.05) is 19.1 Å². The lowest BCUT2D eigenvalue weighted by Crippen LogP contribution is -2.58. The maximum Gasteiger partial charge on any atom is 0.354 e. The maximum absolute atomic E-state index is 12.7. The van der Waals surface area contributed by atoms with E-state index in [0.29, 0.717) is 44.0 Å². The topological polar surface area (TPSA) is 143 Å². The maximum atomic E-state index is 12.7. The first kappa shape index (κ1) is 27.7. The number of hydrogen-bond donors (Lipinski definition) is 3. The Labute approximate surface area is 223 Å². The van der Waals surface area contributed by atoms with Crippen molar-refractivity contribution in [1.29, 1.82) is 0 Å². The fraction of sp³-hybridized carbons (Fsp3) is 0.556. The fourth-order valence-electron chi connectivity index (χ4n) is 5.20. The molecular formula is C27H40N8O3. The largest absolute Gasteiger partial charge is 0.354 e. The van der Waals surface area contributed by atoms with E-state index in [4.69, 9.17) is 11.5 Å². The lowest BCUT2D eigenvalue weighted by molar-refractivity contribution is -0.137. The minimum Gasteiger partial charge on any atom is -0.338 e. The molecular weight excluding hydrogens is 484 g/mol. The summed E-state index contributed by atoms with van der Waals surface area (Å²) in [7, 11) is 0. The molecule has 11 nitrogen and oxygen atoms in total. The van der Waals surface area contributed by atoms with Crippen LogP contribution in [0.4, 0.5) is 10.6 Å². The van der Waals surface area contributed by atoms with E-state index in [1.165, 1.54) is 10.1 Å². The van der Waals surface area contributed by atoms with Crippen molar-refractivity contribution in [2.24, 2.45) is 11.5 Å². The first-order valence-corrected chi connectivity index (χ1v) is 13.4. The second kappa shape index (κ2) is 11.6. The molecule has 1 unspecified atom stereocenters. The summed E-state index contributed by atoms with van der Waals surface area (Å²) in [5.74, 6) is 0.0416. The SMILES string of the molecule is CCN(Cc1ccc(-n2ccc(NC(=O)N3CCN(C(=O)C(C)(C)N)CC3)nc2=O)cc1)C1CC[C@H](N)C1. The monoisotopic (exact) mass is 524 g/mol. The Balaban J connectivity index is 1.34. The van der Waals surface area contributed by atoms with Crippen molar-refractivity contribution < 1.29 is 9.59 Å². The number of nitrogens with zero attached hydrogens (tertiary/aromatic N) is 5. The van der Waals surface area contributed by atoms with E-state index in [-0.39, 0.29) is 17.8 Å². The van der Waals surface area contributed by atoms with E-state index < -0.39 is 11.2 Å². The van der Waals surface area contributed by atoms with E-state index in [1.54, 1.807) is 35.9 Å². The van der Waals surface area contributed by atoms with Crippen LogP contribution in [-0.4, -0.2) is 86.5 Å². The number of urea groups is 1. The van der Waals surface area contributed by atoms with Gasteiger partial charge in [-0.3, -0.25) is 19.6 Å². The zero-order chi connectivity index (χ0) is 27.4. The predicted octanol–water partition coefficient (Wildman–Crippen LogP) is 1.35. The Morgan fingerprint density at radius 2 is 1.74 bits per heavy atom. The van der Waals surface area contributed by atoms with Crippen LogP contribution in [-0.2, 0) is 11.3 Å². The molecule has 1 aromatic carbocycles. The highest BCUT2D eigenvalue weighted by Crippen LogP contribution is 2.24. The number of rotatable bonds is 7. The summed E-state index contributed by atoms with van der Waals surface area (Å²) in [6.45, 7) is 8.89. The van der Waals surface area contributed by atoms with Crippen molar-refractivity contribution in [3.05, 3.63) is 52.6 Å². The molecule has 2 atom stereocenters. The predicted molar refractivity (Wildman–Crippen MR) is 147 cm³/mol. The quantitative estimate of drug-likeness (QED) is 0.496. The van der Waals surface area contributed by atoms with Crippen molar-refractivity contribution >= 4 is 17.8 Å². The molecule has 38 heavy (non-hydrogen) atoms. The normalized spacial score (nSPS) is 20.2. The number of anilines is 1. The van der Waals surface area contributed by atoms with Gasteiger partial charge in [-0.05, 0) is 63.4 Å². The lowest BCUT2D eigenvalue weighted by atomic mass is 10.1. The molecule has 206 valence electrons. The van der Waals surface area contributed by atoms with Gasteiger partial charge in [0.25, 0.3) is 0 Å². The van der Waals surface area contributed by atoms with Crippen LogP contribution in [0, 0.1) is 0 Å². The van der Waals surface area contributed by atoms with E-state index in [2.05, 4.69) is 22.1 Å². The summed E-state index contributed by atoms with van der Waals surface area (Å²) < 4.78 is 1.45. The zero-order valence-corrected chi connectivity index (χ0v) is 22.6. The van der Waals surface area contributed by atoms with Crippen LogP contribution in [0.1, 0.15) is 45.6 Å². The van der Waals surface area contributed by atoms with Crippen molar-refractivity contribution in [1.82, 2.24) is 24.3 Å². The Morgan fingerprint density at radius 1 is 1.08 bits per heavy atom. The van der Waals surface area contributed by atoms with Gasteiger partial charge in [-0.25, -0.2) is 9.59 Å². The highest BCUT2D eigenvalue weighted by molar-refractivity contribution is 5.89. The molecule has 1 aromatic heterocycles. The van der Waals surface area contributed by atoms with Crippen LogP contribution >= 0.6 is 0 Å². The summed E-state index contributed by atoms with van der Waals surface area (Å²) in [6.07, 6.45) is 4.87. The summed E-state index contributed by atoms with van der Waals surface area (Å²) in [4.78, 5) is 47.6. The molecule has 3 amide bonds. The van der Waals surface area contributed by atoms with Crippen LogP contribution in [0.3, 0.4) is 0 Å². The van der Waals surface area contributed by atoms with Gasteiger partial charge in [0.15, 0.2) is 0 Å². The number of carbonyl (C=O) groups is 2. The van der Waals surface area contributed by atoms with Crippen LogP contribution < -0.4 is 22.5 Å². The van der Waals surface area contributed by atoms with Gasteiger partial charge < -0.3 is 21.3 Å². The van der Waals surface area contributed by atoms with Gasteiger partial charge in [0.2, 0.25) is 5.91 Å². The molecule has 0 radical (unpaired) electrons. The molecule has 2 fully saturated rings. The Hall–Kier alpha value is -3.28. The second-order valence-electron chi connectivity index (χ2n) is 10.9. The van der Waals surface area contributed by atoms with Gasteiger partial charge in [-0.2, -0.15) is 4.98 Å². The smallest absolute Gasteiger partial charge is 0.338 e. The molecule has 0 spiro atoms. The first-order valence-electron chi connectivity index (χ1n) is 13.4. The molecule has 1 aliphatic heterocycles. The van der Waals surface area contributed by atoms with Crippen LogP contribution in [0.15, 0.2) is 41.3 Å². The van der Waals surface area contributed by atoms with Crippen molar-refractivity contribution in [3.8, 4) is 5.69 Å². The average molecular weight is 525 g/mol. The van der Waals surface area contributed by atoms with Crippen LogP contribution in [0.2, 0.25) is 0 Å².